The van der Waals surface area contributed by atoms with Gasteiger partial charge in [0.05, 0.1) is 6.61 Å². The zero-order valence-electron chi connectivity index (χ0n) is 9.62. The van der Waals surface area contributed by atoms with Crippen molar-refractivity contribution in [3.05, 3.63) is 35.1 Å². The first-order valence-electron chi connectivity index (χ1n) is 5.86. The molecule has 0 aromatic heterocycles. The summed E-state index contributed by atoms with van der Waals surface area (Å²) in [6.07, 6.45) is 2.94. The molecule has 1 aliphatic rings. The molecule has 94 valence electrons. The maximum Gasteiger partial charge on any atom is 0.158 e. The minimum Gasteiger partial charge on any atom is -0.353 e. The Morgan fingerprint density at radius 2 is 2.18 bits per heavy atom. The fraction of sp³-hybridized carbons (Fsp3) is 0.538. The SMILES string of the molecule is Fc1c(CBr)cccc1COC1CCCCO1. The average Bonchev–Trinajstić information content (AvgIpc) is 2.39. The Hall–Kier alpha value is -0.450. The van der Waals surface area contributed by atoms with E-state index in [0.29, 0.717) is 16.5 Å². The smallest absolute Gasteiger partial charge is 0.158 e. The lowest BCUT2D eigenvalue weighted by atomic mass is 10.1. The summed E-state index contributed by atoms with van der Waals surface area (Å²) in [4.78, 5) is 0. The Morgan fingerprint density at radius 1 is 1.35 bits per heavy atom. The second-order valence-electron chi connectivity index (χ2n) is 4.13. The predicted molar refractivity (Wildman–Crippen MR) is 67.4 cm³/mol. The molecule has 1 unspecified atom stereocenters. The summed E-state index contributed by atoms with van der Waals surface area (Å²) in [6.45, 7) is 1.02. The second kappa shape index (κ2) is 6.47. The number of rotatable bonds is 4. The van der Waals surface area contributed by atoms with Gasteiger partial charge in [0.25, 0.3) is 0 Å². The normalized spacial score (nSPS) is 20.5. The van der Waals surface area contributed by atoms with Crippen LogP contribution in [0.3, 0.4) is 0 Å². The van der Waals surface area contributed by atoms with Gasteiger partial charge >= 0.3 is 0 Å². The van der Waals surface area contributed by atoms with E-state index in [-0.39, 0.29) is 18.7 Å². The van der Waals surface area contributed by atoms with E-state index in [9.17, 15) is 4.39 Å². The molecule has 4 heteroatoms. The first kappa shape index (κ1) is 13.0. The van der Waals surface area contributed by atoms with E-state index in [2.05, 4.69) is 15.9 Å². The first-order valence-corrected chi connectivity index (χ1v) is 6.99. The van der Waals surface area contributed by atoms with Gasteiger partial charge < -0.3 is 9.47 Å². The van der Waals surface area contributed by atoms with E-state index in [1.165, 1.54) is 0 Å². The monoisotopic (exact) mass is 302 g/mol. The van der Waals surface area contributed by atoms with Gasteiger partial charge in [-0.25, -0.2) is 4.39 Å². The second-order valence-corrected chi connectivity index (χ2v) is 4.69. The van der Waals surface area contributed by atoms with Gasteiger partial charge in [0.15, 0.2) is 6.29 Å². The predicted octanol–water partition coefficient (Wildman–Crippen LogP) is 3.76. The maximum atomic E-state index is 13.9. The summed E-state index contributed by atoms with van der Waals surface area (Å²) in [5.74, 6) is -0.180. The molecule has 1 aromatic carbocycles. The van der Waals surface area contributed by atoms with Crippen molar-refractivity contribution in [2.45, 2.75) is 37.5 Å². The van der Waals surface area contributed by atoms with Crippen molar-refractivity contribution in [2.75, 3.05) is 6.61 Å². The molecule has 0 aliphatic carbocycles. The molecule has 1 fully saturated rings. The Kier molecular flexibility index (Phi) is 4.95. The molecule has 0 radical (unpaired) electrons. The zero-order valence-corrected chi connectivity index (χ0v) is 11.2. The Bertz CT molecular complexity index is 364. The molecule has 1 heterocycles. The van der Waals surface area contributed by atoms with Gasteiger partial charge in [0, 0.05) is 17.5 Å². The summed E-state index contributed by atoms with van der Waals surface area (Å²) in [6, 6.07) is 5.37. The van der Waals surface area contributed by atoms with Crippen molar-refractivity contribution in [1.82, 2.24) is 0 Å². The summed E-state index contributed by atoms with van der Waals surface area (Å²) < 4.78 is 24.9. The van der Waals surface area contributed by atoms with Crippen molar-refractivity contribution in [3.8, 4) is 0 Å². The minimum absolute atomic E-state index is 0.171. The fourth-order valence-electron chi connectivity index (χ4n) is 1.87. The van der Waals surface area contributed by atoms with E-state index in [0.717, 1.165) is 25.9 Å². The minimum atomic E-state index is -0.180. The molecule has 0 amide bonds. The third-order valence-electron chi connectivity index (χ3n) is 2.87. The topological polar surface area (TPSA) is 18.5 Å². The van der Waals surface area contributed by atoms with Gasteiger partial charge in [0.1, 0.15) is 5.82 Å². The molecule has 2 rings (SSSR count). The van der Waals surface area contributed by atoms with Crippen LogP contribution in [0.4, 0.5) is 4.39 Å². The average molecular weight is 303 g/mol. The number of hydrogen-bond acceptors (Lipinski definition) is 2. The molecule has 17 heavy (non-hydrogen) atoms. The quantitative estimate of drug-likeness (QED) is 0.788. The van der Waals surface area contributed by atoms with Gasteiger partial charge in [-0.2, -0.15) is 0 Å². The van der Waals surface area contributed by atoms with Gasteiger partial charge in [-0.05, 0) is 24.8 Å². The van der Waals surface area contributed by atoms with Crippen LogP contribution in [0.5, 0.6) is 0 Å². The van der Waals surface area contributed by atoms with Gasteiger partial charge in [0.2, 0.25) is 0 Å². The van der Waals surface area contributed by atoms with Crippen LogP contribution in [-0.2, 0) is 21.4 Å². The van der Waals surface area contributed by atoms with E-state index >= 15 is 0 Å². The highest BCUT2D eigenvalue weighted by molar-refractivity contribution is 9.08. The molecule has 0 bridgehead atoms. The summed E-state index contributed by atoms with van der Waals surface area (Å²) in [5, 5.41) is 0.520. The van der Waals surface area contributed by atoms with Crippen LogP contribution >= 0.6 is 15.9 Å². The molecule has 0 saturated carbocycles. The molecule has 1 atom stereocenters. The van der Waals surface area contributed by atoms with Crippen LogP contribution in [0.15, 0.2) is 18.2 Å². The molecule has 1 aromatic rings. The molecule has 2 nitrogen and oxygen atoms in total. The van der Waals surface area contributed by atoms with Crippen molar-refractivity contribution in [3.63, 3.8) is 0 Å². The largest absolute Gasteiger partial charge is 0.353 e. The highest BCUT2D eigenvalue weighted by atomic mass is 79.9. The van der Waals surface area contributed by atoms with Gasteiger partial charge in [-0.1, -0.05) is 34.1 Å². The standard InChI is InChI=1S/C13H16BrFO2/c14-8-10-4-3-5-11(13(10)15)9-17-12-6-1-2-7-16-12/h3-5,12H,1-2,6-9H2. The van der Waals surface area contributed by atoms with E-state index in [4.69, 9.17) is 9.47 Å². The van der Waals surface area contributed by atoms with E-state index < -0.39 is 0 Å². The van der Waals surface area contributed by atoms with E-state index in [1.807, 2.05) is 6.07 Å². The highest BCUT2D eigenvalue weighted by Gasteiger charge is 2.15. The number of ether oxygens (including phenoxy) is 2. The number of halogens is 2. The Labute approximate surface area is 109 Å². The maximum absolute atomic E-state index is 13.9. The van der Waals surface area contributed by atoms with Gasteiger partial charge in [-0.15, -0.1) is 0 Å². The van der Waals surface area contributed by atoms with Crippen LogP contribution in [0.25, 0.3) is 0 Å². The molecule has 0 spiro atoms. The third-order valence-corrected chi connectivity index (χ3v) is 3.47. The van der Waals surface area contributed by atoms with Crippen molar-refractivity contribution in [1.29, 1.82) is 0 Å². The molecule has 1 aliphatic heterocycles. The van der Waals surface area contributed by atoms with Crippen molar-refractivity contribution in [2.24, 2.45) is 0 Å². The zero-order chi connectivity index (χ0) is 12.1. The van der Waals surface area contributed by atoms with Gasteiger partial charge in [-0.3, -0.25) is 0 Å². The lowest BCUT2D eigenvalue weighted by Gasteiger charge is -2.22. The Morgan fingerprint density at radius 3 is 2.88 bits per heavy atom. The summed E-state index contributed by atoms with van der Waals surface area (Å²) >= 11 is 3.26. The van der Waals surface area contributed by atoms with E-state index in [1.54, 1.807) is 12.1 Å². The van der Waals surface area contributed by atoms with Crippen LogP contribution < -0.4 is 0 Å². The number of alkyl halides is 1. The molecule has 0 N–H and O–H groups in total. The van der Waals surface area contributed by atoms with Crippen LogP contribution in [0.1, 0.15) is 30.4 Å². The van der Waals surface area contributed by atoms with Crippen LogP contribution in [0.2, 0.25) is 0 Å². The summed E-state index contributed by atoms with van der Waals surface area (Å²) in [5.41, 5.74) is 1.26. The summed E-state index contributed by atoms with van der Waals surface area (Å²) in [7, 11) is 0. The number of hydrogen-bond donors (Lipinski definition) is 0. The lowest BCUT2D eigenvalue weighted by Crippen LogP contribution is -2.22. The highest BCUT2D eigenvalue weighted by Crippen LogP contribution is 2.19. The Balaban J connectivity index is 1.93. The van der Waals surface area contributed by atoms with Crippen molar-refractivity contribution < 1.29 is 13.9 Å². The first-order chi connectivity index (χ1) is 8.31. The van der Waals surface area contributed by atoms with Crippen LogP contribution in [-0.4, -0.2) is 12.9 Å². The molecule has 1 saturated heterocycles. The van der Waals surface area contributed by atoms with Crippen LogP contribution in [0, 0.1) is 5.82 Å². The molecular formula is C13H16BrFO2. The third kappa shape index (κ3) is 3.50. The van der Waals surface area contributed by atoms with Crippen molar-refractivity contribution >= 4 is 15.9 Å². The number of benzene rings is 1. The fourth-order valence-corrected chi connectivity index (χ4v) is 2.31. The molecular weight excluding hydrogens is 287 g/mol. The lowest BCUT2D eigenvalue weighted by molar-refractivity contribution is -0.169.